The lowest BCUT2D eigenvalue weighted by Gasteiger charge is -2.03. The summed E-state index contributed by atoms with van der Waals surface area (Å²) in [6.07, 6.45) is 12.3. The van der Waals surface area contributed by atoms with E-state index in [1.165, 1.54) is 0 Å². The molecule has 0 aliphatic rings. The maximum atomic E-state index is 4.81. The number of H-pyrrole nitrogens is 1. The molecule has 126 valence electrons. The van der Waals surface area contributed by atoms with Gasteiger partial charge in [0.25, 0.3) is 0 Å². The van der Waals surface area contributed by atoms with Gasteiger partial charge in [0.2, 0.25) is 0 Å². The van der Waals surface area contributed by atoms with Crippen molar-refractivity contribution in [1.82, 2.24) is 29.7 Å². The van der Waals surface area contributed by atoms with E-state index in [0.29, 0.717) is 5.92 Å². The summed E-state index contributed by atoms with van der Waals surface area (Å²) in [5, 5.41) is 4.48. The molecule has 4 rings (SSSR count). The Bertz CT molecular complexity index is 984. The number of aromatic amines is 1. The lowest BCUT2D eigenvalue weighted by atomic mass is 10.1. The fraction of sp³-hybridized carbons (Fsp3) is 0.263. The number of nitrogens with one attached hydrogen (secondary N) is 1. The number of pyridine rings is 1. The number of aromatic nitrogens is 6. The van der Waals surface area contributed by atoms with Gasteiger partial charge >= 0.3 is 0 Å². The van der Waals surface area contributed by atoms with Crippen LogP contribution in [-0.4, -0.2) is 29.7 Å². The molecular formula is C19H20N6. The van der Waals surface area contributed by atoms with E-state index in [4.69, 9.17) is 4.98 Å². The number of rotatable bonds is 5. The molecule has 0 spiro atoms. The first kappa shape index (κ1) is 15.5. The highest BCUT2D eigenvalue weighted by Gasteiger charge is 2.12. The molecule has 1 N–H and O–H groups in total. The quantitative estimate of drug-likeness (QED) is 0.601. The van der Waals surface area contributed by atoms with Crippen molar-refractivity contribution < 1.29 is 0 Å². The highest BCUT2D eigenvalue weighted by molar-refractivity contribution is 5.91. The average Bonchev–Trinajstić information content (AvgIpc) is 3.26. The van der Waals surface area contributed by atoms with Crippen molar-refractivity contribution in [3.05, 3.63) is 49.3 Å². The molecule has 0 aliphatic carbocycles. The van der Waals surface area contributed by atoms with E-state index in [0.717, 1.165) is 46.5 Å². The molecule has 0 radical (unpaired) electrons. The fourth-order valence-electron chi connectivity index (χ4n) is 2.79. The predicted molar refractivity (Wildman–Crippen MR) is 97.8 cm³/mol. The molecule has 4 heterocycles. The van der Waals surface area contributed by atoms with E-state index >= 15 is 0 Å². The molecule has 0 aliphatic heterocycles. The van der Waals surface area contributed by atoms with Crippen LogP contribution in [0.25, 0.3) is 33.5 Å². The third-order valence-electron chi connectivity index (χ3n) is 4.24. The lowest BCUT2D eigenvalue weighted by molar-refractivity contribution is 0.487. The smallest absolute Gasteiger partial charge is 0.156 e. The van der Waals surface area contributed by atoms with Gasteiger partial charge in [0, 0.05) is 48.0 Å². The Morgan fingerprint density at radius 3 is 2.76 bits per heavy atom. The summed E-state index contributed by atoms with van der Waals surface area (Å²) in [6, 6.07) is 3.87. The monoisotopic (exact) mass is 332 g/mol. The van der Waals surface area contributed by atoms with Gasteiger partial charge in [-0.05, 0) is 24.5 Å². The number of nitrogens with zero attached hydrogens (tertiary/aromatic N) is 5. The van der Waals surface area contributed by atoms with E-state index in [1.807, 2.05) is 29.2 Å². The summed E-state index contributed by atoms with van der Waals surface area (Å²) in [4.78, 5) is 16.6. The second-order valence-electron chi connectivity index (χ2n) is 6.57. The average molecular weight is 332 g/mol. The number of aryl methyl sites for hydroxylation is 1. The topological polar surface area (TPSA) is 72.3 Å². The van der Waals surface area contributed by atoms with E-state index in [-0.39, 0.29) is 0 Å². The third-order valence-corrected chi connectivity index (χ3v) is 4.24. The van der Waals surface area contributed by atoms with Gasteiger partial charge in [-0.2, -0.15) is 5.10 Å². The minimum atomic E-state index is 0.662. The van der Waals surface area contributed by atoms with Crippen LogP contribution in [-0.2, 0) is 6.54 Å². The Hall–Kier alpha value is -3.02. The number of fused-ring (bicyclic) bond motifs is 1. The maximum Gasteiger partial charge on any atom is 0.156 e. The minimum absolute atomic E-state index is 0.662. The zero-order chi connectivity index (χ0) is 17.2. The van der Waals surface area contributed by atoms with Crippen molar-refractivity contribution in [2.75, 3.05) is 0 Å². The number of hydrogen-bond acceptors (Lipinski definition) is 4. The molecule has 0 amide bonds. The van der Waals surface area contributed by atoms with Gasteiger partial charge in [0.1, 0.15) is 5.52 Å². The first-order chi connectivity index (χ1) is 12.2. The summed E-state index contributed by atoms with van der Waals surface area (Å²) >= 11 is 0. The molecule has 4 aromatic rings. The van der Waals surface area contributed by atoms with E-state index in [9.17, 15) is 0 Å². The Kier molecular flexibility index (Phi) is 4.01. The number of hydrogen-bond donors (Lipinski definition) is 1. The Labute approximate surface area is 146 Å². The van der Waals surface area contributed by atoms with Gasteiger partial charge in [-0.1, -0.05) is 13.8 Å². The van der Waals surface area contributed by atoms with Crippen molar-refractivity contribution in [2.24, 2.45) is 5.92 Å². The summed E-state index contributed by atoms with van der Waals surface area (Å²) < 4.78 is 1.99. The van der Waals surface area contributed by atoms with Crippen molar-refractivity contribution in [3.63, 3.8) is 0 Å². The normalized spacial score (nSPS) is 11.5. The first-order valence-electron chi connectivity index (χ1n) is 8.48. The maximum absolute atomic E-state index is 4.81. The largest absolute Gasteiger partial charge is 0.344 e. The summed E-state index contributed by atoms with van der Waals surface area (Å²) in [5.41, 5.74) is 5.55. The van der Waals surface area contributed by atoms with Crippen molar-refractivity contribution in [3.8, 4) is 22.4 Å². The Morgan fingerprint density at radius 2 is 1.96 bits per heavy atom. The summed E-state index contributed by atoms with van der Waals surface area (Å²) in [5.74, 6) is 0.662. The molecule has 4 aromatic heterocycles. The van der Waals surface area contributed by atoms with E-state index < -0.39 is 0 Å². The molecule has 6 nitrogen and oxygen atoms in total. The minimum Gasteiger partial charge on any atom is -0.344 e. The zero-order valence-corrected chi connectivity index (χ0v) is 14.3. The van der Waals surface area contributed by atoms with Crippen molar-refractivity contribution >= 4 is 11.2 Å². The third kappa shape index (κ3) is 3.15. The fourth-order valence-corrected chi connectivity index (χ4v) is 2.79. The molecule has 0 atom stereocenters. The van der Waals surface area contributed by atoms with Crippen molar-refractivity contribution in [2.45, 2.75) is 26.8 Å². The molecule has 0 aromatic carbocycles. The molecule has 0 unspecified atom stereocenters. The molecule has 25 heavy (non-hydrogen) atoms. The van der Waals surface area contributed by atoms with Gasteiger partial charge in [0.05, 0.1) is 18.1 Å². The summed E-state index contributed by atoms with van der Waals surface area (Å²) in [6.45, 7) is 5.37. The predicted octanol–water partition coefficient (Wildman–Crippen LogP) is 3.93. The molecule has 0 fully saturated rings. The second-order valence-corrected chi connectivity index (χ2v) is 6.57. The van der Waals surface area contributed by atoms with Crippen LogP contribution in [0.4, 0.5) is 0 Å². The van der Waals surface area contributed by atoms with Crippen molar-refractivity contribution in [1.29, 1.82) is 0 Å². The summed E-state index contributed by atoms with van der Waals surface area (Å²) in [7, 11) is 0. The SMILES string of the molecule is CC(C)CCn1cc(-c2c[nH]c3ncc(-c4ccncc4)nc23)cn1. The van der Waals surface area contributed by atoms with Crippen LogP contribution in [0, 0.1) is 5.92 Å². The van der Waals surface area contributed by atoms with Gasteiger partial charge < -0.3 is 4.98 Å². The zero-order valence-electron chi connectivity index (χ0n) is 14.3. The van der Waals surface area contributed by atoms with Gasteiger partial charge in [-0.25, -0.2) is 9.97 Å². The highest BCUT2D eigenvalue weighted by atomic mass is 15.3. The van der Waals surface area contributed by atoms with E-state index in [2.05, 4.69) is 40.1 Å². The Balaban J connectivity index is 1.70. The van der Waals surface area contributed by atoms with Crippen LogP contribution < -0.4 is 0 Å². The lowest BCUT2D eigenvalue weighted by Crippen LogP contribution is -2.01. The molecule has 0 saturated carbocycles. The van der Waals surface area contributed by atoms with Crippen LogP contribution in [0.5, 0.6) is 0 Å². The second kappa shape index (κ2) is 6.47. The molecule has 0 bridgehead atoms. The first-order valence-corrected chi connectivity index (χ1v) is 8.48. The van der Waals surface area contributed by atoms with Gasteiger partial charge in [0.15, 0.2) is 5.65 Å². The van der Waals surface area contributed by atoms with Crippen LogP contribution in [0.1, 0.15) is 20.3 Å². The molecule has 6 heteroatoms. The van der Waals surface area contributed by atoms with Crippen LogP contribution in [0.2, 0.25) is 0 Å². The van der Waals surface area contributed by atoms with Crippen LogP contribution >= 0.6 is 0 Å². The van der Waals surface area contributed by atoms with Gasteiger partial charge in [-0.3, -0.25) is 9.67 Å². The Morgan fingerprint density at radius 1 is 1.12 bits per heavy atom. The van der Waals surface area contributed by atoms with Gasteiger partial charge in [-0.15, -0.1) is 0 Å². The van der Waals surface area contributed by atoms with Crippen LogP contribution in [0.15, 0.2) is 49.3 Å². The molecule has 0 saturated heterocycles. The molecular weight excluding hydrogens is 312 g/mol. The van der Waals surface area contributed by atoms with E-state index in [1.54, 1.807) is 18.6 Å². The van der Waals surface area contributed by atoms with Crippen LogP contribution in [0.3, 0.4) is 0 Å². The highest BCUT2D eigenvalue weighted by Crippen LogP contribution is 2.28. The standard InChI is InChI=1S/C19H20N6/c1-13(2)5-8-25-12-15(9-23-25)16-10-21-19-18(16)24-17(11-22-19)14-3-6-20-7-4-14/h3-4,6-7,9-13H,5,8H2,1-2H3,(H,21,22).